The van der Waals surface area contributed by atoms with Gasteiger partial charge in [-0.05, 0) is 64.4 Å². The molecule has 0 radical (unpaired) electrons. The average molecular weight is 478 g/mol. The van der Waals surface area contributed by atoms with Gasteiger partial charge in [0.1, 0.15) is 0 Å². The van der Waals surface area contributed by atoms with Crippen LogP contribution in [0, 0.1) is 0 Å². The maximum absolute atomic E-state index is 2.36. The molecule has 0 aliphatic rings. The molecule has 2 heteroatoms. The second kappa shape index (κ2) is 8.67. The highest BCUT2D eigenvalue weighted by Gasteiger charge is 2.15. The maximum atomic E-state index is 2.36. The van der Waals surface area contributed by atoms with Crippen molar-refractivity contribution >= 4 is 59.3 Å². The first kappa shape index (κ1) is 20.9. The quantitative estimate of drug-likeness (QED) is 0.244. The minimum Gasteiger partial charge on any atom is -0.310 e. The molecule has 170 valence electrons. The van der Waals surface area contributed by atoms with Crippen LogP contribution in [-0.2, 0) is 0 Å². The summed E-state index contributed by atoms with van der Waals surface area (Å²) in [5.41, 5.74) is 5.92. The molecule has 0 saturated carbocycles. The summed E-state index contributed by atoms with van der Waals surface area (Å²) in [5.74, 6) is 0. The van der Waals surface area contributed by atoms with Gasteiger partial charge in [-0.1, -0.05) is 97.1 Å². The van der Waals surface area contributed by atoms with Gasteiger partial charge < -0.3 is 4.90 Å². The Kier molecular flexibility index (Phi) is 5.04. The molecule has 0 N–H and O–H groups in total. The fraction of sp³-hybridized carbons (Fsp3) is 0. The summed E-state index contributed by atoms with van der Waals surface area (Å²) in [4.78, 5) is 2.36. The van der Waals surface area contributed by atoms with Crippen LogP contribution in [0.4, 0.5) is 17.1 Å². The van der Waals surface area contributed by atoms with E-state index >= 15 is 0 Å². The van der Waals surface area contributed by atoms with Gasteiger partial charge in [0, 0.05) is 37.2 Å². The van der Waals surface area contributed by atoms with Crippen molar-refractivity contribution in [1.82, 2.24) is 0 Å². The molecule has 6 aromatic carbocycles. The number of benzene rings is 6. The molecule has 36 heavy (non-hydrogen) atoms. The lowest BCUT2D eigenvalue weighted by atomic mass is 9.97. The van der Waals surface area contributed by atoms with Crippen molar-refractivity contribution in [3.05, 3.63) is 140 Å². The van der Waals surface area contributed by atoms with Gasteiger partial charge in [-0.15, -0.1) is 11.3 Å². The van der Waals surface area contributed by atoms with Crippen LogP contribution in [0.3, 0.4) is 0 Å². The predicted octanol–water partition coefficient (Wildman–Crippen LogP) is 10.3. The van der Waals surface area contributed by atoms with Crippen LogP contribution in [0.2, 0.25) is 0 Å². The van der Waals surface area contributed by atoms with Crippen LogP contribution in [0.5, 0.6) is 0 Å². The summed E-state index contributed by atoms with van der Waals surface area (Å²) < 4.78 is 2.63. The Bertz CT molecular complexity index is 1840. The Morgan fingerprint density at radius 2 is 1.08 bits per heavy atom. The molecule has 0 atom stereocenters. The monoisotopic (exact) mass is 477 g/mol. The summed E-state index contributed by atoms with van der Waals surface area (Å²) >= 11 is 1.86. The van der Waals surface area contributed by atoms with E-state index in [4.69, 9.17) is 0 Å². The highest BCUT2D eigenvalue weighted by molar-refractivity contribution is 7.25. The van der Waals surface area contributed by atoms with Gasteiger partial charge in [-0.25, -0.2) is 0 Å². The van der Waals surface area contributed by atoms with Gasteiger partial charge in [0.15, 0.2) is 0 Å². The molecule has 7 rings (SSSR count). The summed E-state index contributed by atoms with van der Waals surface area (Å²) in [6.07, 6.45) is 0. The van der Waals surface area contributed by atoms with E-state index in [1.807, 2.05) is 11.3 Å². The molecule has 7 aromatic rings. The van der Waals surface area contributed by atoms with Crippen LogP contribution >= 0.6 is 11.3 Å². The van der Waals surface area contributed by atoms with Crippen molar-refractivity contribution < 1.29 is 0 Å². The van der Waals surface area contributed by atoms with Crippen LogP contribution < -0.4 is 4.90 Å². The Labute approximate surface area is 214 Å². The molecule has 0 saturated heterocycles. The number of para-hydroxylation sites is 1. The number of thiophene rings is 1. The first-order valence-corrected chi connectivity index (χ1v) is 13.0. The van der Waals surface area contributed by atoms with E-state index in [9.17, 15) is 0 Å². The molecular formula is C34H23NS. The third-order valence-corrected chi connectivity index (χ3v) is 7.97. The molecular weight excluding hydrogens is 454 g/mol. The minimum atomic E-state index is 1.15. The number of fused-ring (bicyclic) bond motifs is 4. The first-order valence-electron chi connectivity index (χ1n) is 12.2. The number of hydrogen-bond donors (Lipinski definition) is 0. The normalized spacial score (nSPS) is 11.3. The van der Waals surface area contributed by atoms with E-state index in [0.717, 1.165) is 17.1 Å². The van der Waals surface area contributed by atoms with Gasteiger partial charge >= 0.3 is 0 Å². The molecule has 0 aliphatic heterocycles. The average Bonchev–Trinajstić information content (AvgIpc) is 3.32. The van der Waals surface area contributed by atoms with E-state index in [1.54, 1.807) is 0 Å². The van der Waals surface area contributed by atoms with Crippen LogP contribution in [0.25, 0.3) is 42.1 Å². The molecule has 0 aliphatic carbocycles. The number of rotatable bonds is 4. The van der Waals surface area contributed by atoms with Gasteiger partial charge in [0.25, 0.3) is 0 Å². The summed E-state index contributed by atoms with van der Waals surface area (Å²) in [6.45, 7) is 0. The number of anilines is 3. The van der Waals surface area contributed by atoms with Crippen molar-refractivity contribution in [1.29, 1.82) is 0 Å². The molecule has 0 amide bonds. The van der Waals surface area contributed by atoms with Crippen LogP contribution in [-0.4, -0.2) is 0 Å². The van der Waals surface area contributed by atoms with Crippen molar-refractivity contribution in [3.8, 4) is 11.1 Å². The third kappa shape index (κ3) is 3.55. The second-order valence-corrected chi connectivity index (χ2v) is 10.1. The Morgan fingerprint density at radius 3 is 2.00 bits per heavy atom. The largest absolute Gasteiger partial charge is 0.310 e. The molecule has 0 bridgehead atoms. The highest BCUT2D eigenvalue weighted by Crippen LogP contribution is 2.41. The van der Waals surface area contributed by atoms with Gasteiger partial charge in [-0.2, -0.15) is 0 Å². The van der Waals surface area contributed by atoms with Crippen molar-refractivity contribution in [2.24, 2.45) is 0 Å². The molecule has 1 aromatic heterocycles. The summed E-state index contributed by atoms with van der Waals surface area (Å²) in [7, 11) is 0. The zero-order valence-electron chi connectivity index (χ0n) is 19.6. The van der Waals surface area contributed by atoms with E-state index in [-0.39, 0.29) is 0 Å². The molecule has 0 fully saturated rings. The fourth-order valence-electron chi connectivity index (χ4n) is 5.17. The van der Waals surface area contributed by atoms with E-state index < -0.39 is 0 Å². The lowest BCUT2D eigenvalue weighted by Gasteiger charge is -2.26. The minimum absolute atomic E-state index is 1.15. The Balaban J connectivity index is 1.41. The van der Waals surface area contributed by atoms with Gasteiger partial charge in [0.05, 0.1) is 0 Å². The topological polar surface area (TPSA) is 3.24 Å². The number of hydrogen-bond acceptors (Lipinski definition) is 2. The second-order valence-electron chi connectivity index (χ2n) is 9.03. The van der Waals surface area contributed by atoms with E-state index in [1.165, 1.54) is 42.1 Å². The van der Waals surface area contributed by atoms with E-state index in [2.05, 4.69) is 144 Å². The number of nitrogens with zero attached hydrogens (tertiary/aromatic N) is 1. The van der Waals surface area contributed by atoms with Gasteiger partial charge in [-0.3, -0.25) is 0 Å². The zero-order valence-corrected chi connectivity index (χ0v) is 20.5. The van der Waals surface area contributed by atoms with Gasteiger partial charge in [0.2, 0.25) is 0 Å². The van der Waals surface area contributed by atoms with Crippen LogP contribution in [0.15, 0.2) is 140 Å². The van der Waals surface area contributed by atoms with Crippen LogP contribution in [0.1, 0.15) is 0 Å². The van der Waals surface area contributed by atoms with Crippen molar-refractivity contribution in [2.75, 3.05) is 4.90 Å². The fourth-order valence-corrected chi connectivity index (χ4v) is 6.31. The third-order valence-electron chi connectivity index (χ3n) is 6.84. The maximum Gasteiger partial charge on any atom is 0.0476 e. The zero-order chi connectivity index (χ0) is 23.9. The molecule has 0 unspecified atom stereocenters. The predicted molar refractivity (Wildman–Crippen MR) is 157 cm³/mol. The lowest BCUT2D eigenvalue weighted by Crippen LogP contribution is -2.09. The lowest BCUT2D eigenvalue weighted by molar-refractivity contribution is 1.29. The van der Waals surface area contributed by atoms with Crippen molar-refractivity contribution in [2.45, 2.75) is 0 Å². The summed E-state index contributed by atoms with van der Waals surface area (Å²) in [6, 6.07) is 50.2. The standard InChI is InChI=1S/C34H23NS/c1-2-13-26(14-3-1)35(28-20-21-32-31-17-6-7-19-33(31)36-34(32)23-28)27-15-8-12-25(22-27)30-18-9-11-24-10-4-5-16-29(24)30/h1-23H. The highest BCUT2D eigenvalue weighted by atomic mass is 32.1. The Morgan fingerprint density at radius 1 is 0.417 bits per heavy atom. The first-order chi connectivity index (χ1) is 17.8. The molecule has 0 spiro atoms. The summed E-state index contributed by atoms with van der Waals surface area (Å²) in [5, 5.41) is 5.18. The SMILES string of the molecule is c1ccc(N(c2cccc(-c3cccc4ccccc34)c2)c2ccc3c(c2)sc2ccccc23)cc1. The smallest absolute Gasteiger partial charge is 0.0476 e. The Hall–Kier alpha value is -4.40. The molecule has 1 heterocycles. The molecule has 1 nitrogen and oxygen atoms in total. The van der Waals surface area contributed by atoms with E-state index in [0.29, 0.717) is 0 Å². The van der Waals surface area contributed by atoms with Crippen molar-refractivity contribution in [3.63, 3.8) is 0 Å².